The van der Waals surface area contributed by atoms with Gasteiger partial charge in [0.05, 0.1) is 12.8 Å². The number of carbonyl (C=O) groups is 2. The Hall–Kier alpha value is -3.02. The third kappa shape index (κ3) is 3.64. The number of hydrogen-bond acceptors (Lipinski definition) is 3. The molecule has 0 unspecified atom stereocenters. The molecule has 0 aliphatic carbocycles. The van der Waals surface area contributed by atoms with Gasteiger partial charge in [0.2, 0.25) is 5.91 Å². The number of benzene rings is 2. The van der Waals surface area contributed by atoms with Crippen LogP contribution in [0.4, 0.5) is 16.2 Å². The van der Waals surface area contributed by atoms with E-state index in [1.54, 1.807) is 30.2 Å². The van der Waals surface area contributed by atoms with Crippen LogP contribution in [0.3, 0.4) is 0 Å². The summed E-state index contributed by atoms with van der Waals surface area (Å²) < 4.78 is 5.22. The van der Waals surface area contributed by atoms with Crippen molar-refractivity contribution in [2.45, 2.75) is 26.3 Å². The zero-order valence-electron chi connectivity index (χ0n) is 15.2. The van der Waals surface area contributed by atoms with Crippen LogP contribution in [0.5, 0.6) is 5.75 Å². The van der Waals surface area contributed by atoms with E-state index in [2.05, 4.69) is 10.6 Å². The fourth-order valence-electron chi connectivity index (χ4n) is 3.03. The SMILES string of the molecule is COc1ccccc1NC(=O)N[C@H]1CCN(c2ccc(C)c(C)c2)C1=O. The second kappa shape index (κ2) is 7.47. The molecule has 1 fully saturated rings. The van der Waals surface area contributed by atoms with E-state index in [1.807, 2.05) is 38.1 Å². The van der Waals surface area contributed by atoms with Gasteiger partial charge in [0.15, 0.2) is 0 Å². The van der Waals surface area contributed by atoms with Crippen LogP contribution in [0.25, 0.3) is 0 Å². The number of ether oxygens (including phenoxy) is 1. The molecule has 6 heteroatoms. The molecular weight excluding hydrogens is 330 g/mol. The predicted octanol–water partition coefficient (Wildman–Crippen LogP) is 3.24. The van der Waals surface area contributed by atoms with E-state index in [0.717, 1.165) is 11.3 Å². The number of urea groups is 1. The van der Waals surface area contributed by atoms with Gasteiger partial charge in [0.25, 0.3) is 0 Å². The number of hydrogen-bond donors (Lipinski definition) is 2. The Balaban J connectivity index is 1.65. The molecule has 0 bridgehead atoms. The highest BCUT2D eigenvalue weighted by atomic mass is 16.5. The molecule has 2 N–H and O–H groups in total. The van der Waals surface area contributed by atoms with Gasteiger partial charge < -0.3 is 20.3 Å². The minimum atomic E-state index is -0.536. The van der Waals surface area contributed by atoms with Crippen LogP contribution in [0.2, 0.25) is 0 Å². The summed E-state index contributed by atoms with van der Waals surface area (Å²) in [6.07, 6.45) is 0.575. The first-order valence-electron chi connectivity index (χ1n) is 8.59. The van der Waals surface area contributed by atoms with Crippen LogP contribution >= 0.6 is 0 Å². The average Bonchev–Trinajstić information content (AvgIpc) is 2.98. The van der Waals surface area contributed by atoms with Gasteiger partial charge in [-0.1, -0.05) is 18.2 Å². The normalized spacial score (nSPS) is 16.5. The summed E-state index contributed by atoms with van der Waals surface area (Å²) in [5, 5.41) is 5.49. The van der Waals surface area contributed by atoms with Crippen molar-refractivity contribution in [2.24, 2.45) is 0 Å². The van der Waals surface area contributed by atoms with E-state index in [1.165, 1.54) is 5.56 Å². The van der Waals surface area contributed by atoms with Crippen molar-refractivity contribution >= 4 is 23.3 Å². The first kappa shape index (κ1) is 17.8. The summed E-state index contributed by atoms with van der Waals surface area (Å²) in [6, 6.07) is 12.1. The van der Waals surface area contributed by atoms with E-state index in [-0.39, 0.29) is 5.91 Å². The van der Waals surface area contributed by atoms with Gasteiger partial charge in [-0.05, 0) is 55.7 Å². The van der Waals surface area contributed by atoms with Crippen molar-refractivity contribution in [3.8, 4) is 5.75 Å². The number of anilines is 2. The van der Waals surface area contributed by atoms with Crippen LogP contribution in [-0.4, -0.2) is 31.6 Å². The van der Waals surface area contributed by atoms with Crippen molar-refractivity contribution in [1.29, 1.82) is 0 Å². The lowest BCUT2D eigenvalue weighted by molar-refractivity contribution is -0.118. The Morgan fingerprint density at radius 3 is 2.65 bits per heavy atom. The Labute approximate surface area is 153 Å². The topological polar surface area (TPSA) is 70.7 Å². The van der Waals surface area contributed by atoms with E-state index in [4.69, 9.17) is 4.74 Å². The minimum absolute atomic E-state index is 0.0940. The molecule has 3 rings (SSSR count). The molecule has 6 nitrogen and oxygen atoms in total. The minimum Gasteiger partial charge on any atom is -0.495 e. The van der Waals surface area contributed by atoms with Gasteiger partial charge >= 0.3 is 6.03 Å². The summed E-state index contributed by atoms with van der Waals surface area (Å²) in [7, 11) is 1.54. The van der Waals surface area contributed by atoms with Crippen LogP contribution in [-0.2, 0) is 4.79 Å². The van der Waals surface area contributed by atoms with Crippen molar-refractivity contribution in [2.75, 3.05) is 23.9 Å². The first-order chi connectivity index (χ1) is 12.5. The number of para-hydroxylation sites is 2. The molecule has 26 heavy (non-hydrogen) atoms. The number of methoxy groups -OCH3 is 1. The molecule has 1 saturated heterocycles. The molecule has 1 aliphatic heterocycles. The highest BCUT2D eigenvalue weighted by Gasteiger charge is 2.33. The summed E-state index contributed by atoms with van der Waals surface area (Å²) in [4.78, 5) is 26.7. The van der Waals surface area contributed by atoms with Gasteiger partial charge in [-0.2, -0.15) is 0 Å². The van der Waals surface area contributed by atoms with Crippen LogP contribution in [0.1, 0.15) is 17.5 Å². The second-order valence-corrected chi connectivity index (χ2v) is 6.40. The number of rotatable bonds is 4. The number of amides is 3. The Morgan fingerprint density at radius 2 is 1.92 bits per heavy atom. The van der Waals surface area contributed by atoms with Crippen molar-refractivity contribution in [3.05, 3.63) is 53.6 Å². The van der Waals surface area contributed by atoms with Crippen LogP contribution in [0.15, 0.2) is 42.5 Å². The Kier molecular flexibility index (Phi) is 5.11. The average molecular weight is 353 g/mol. The van der Waals surface area contributed by atoms with Crippen molar-refractivity contribution in [1.82, 2.24) is 5.32 Å². The quantitative estimate of drug-likeness (QED) is 0.886. The fourth-order valence-corrected chi connectivity index (χ4v) is 3.03. The molecule has 2 aromatic carbocycles. The number of aryl methyl sites for hydroxylation is 2. The Morgan fingerprint density at radius 1 is 1.15 bits per heavy atom. The standard InChI is InChI=1S/C20H23N3O3/c1-13-8-9-15(12-14(13)2)23-11-10-17(19(23)24)22-20(25)21-16-6-4-5-7-18(16)26-3/h4-9,12,17H,10-11H2,1-3H3,(H2,21,22,25)/t17-/m0/s1. The van der Waals surface area contributed by atoms with E-state index < -0.39 is 12.1 Å². The molecule has 0 aromatic heterocycles. The van der Waals surface area contributed by atoms with E-state index in [0.29, 0.717) is 24.4 Å². The molecule has 136 valence electrons. The molecule has 3 amide bonds. The molecule has 1 atom stereocenters. The molecule has 1 heterocycles. The highest BCUT2D eigenvalue weighted by molar-refractivity contribution is 6.02. The lowest BCUT2D eigenvalue weighted by Gasteiger charge is -2.18. The number of carbonyl (C=O) groups excluding carboxylic acids is 2. The first-order valence-corrected chi connectivity index (χ1v) is 8.59. The fraction of sp³-hybridized carbons (Fsp3) is 0.300. The lowest BCUT2D eigenvalue weighted by Crippen LogP contribution is -2.43. The van der Waals surface area contributed by atoms with Gasteiger partial charge in [-0.3, -0.25) is 4.79 Å². The summed E-state index contributed by atoms with van der Waals surface area (Å²) in [5.74, 6) is 0.473. The third-order valence-electron chi connectivity index (χ3n) is 4.67. The molecule has 1 aliphatic rings. The Bertz CT molecular complexity index is 835. The number of nitrogens with zero attached hydrogens (tertiary/aromatic N) is 1. The summed E-state index contributed by atoms with van der Waals surface area (Å²) in [6.45, 7) is 4.65. The van der Waals surface area contributed by atoms with Crippen molar-refractivity contribution < 1.29 is 14.3 Å². The van der Waals surface area contributed by atoms with Crippen LogP contribution in [0, 0.1) is 13.8 Å². The van der Waals surface area contributed by atoms with Gasteiger partial charge in [-0.25, -0.2) is 4.79 Å². The smallest absolute Gasteiger partial charge is 0.319 e. The maximum Gasteiger partial charge on any atom is 0.319 e. The molecular formula is C20H23N3O3. The zero-order valence-corrected chi connectivity index (χ0v) is 15.2. The molecule has 0 spiro atoms. The predicted molar refractivity (Wildman–Crippen MR) is 102 cm³/mol. The van der Waals surface area contributed by atoms with E-state index >= 15 is 0 Å². The zero-order chi connectivity index (χ0) is 18.7. The van der Waals surface area contributed by atoms with Gasteiger partial charge in [-0.15, -0.1) is 0 Å². The maximum absolute atomic E-state index is 12.7. The third-order valence-corrected chi connectivity index (χ3v) is 4.67. The second-order valence-electron chi connectivity index (χ2n) is 6.40. The summed E-state index contributed by atoms with van der Waals surface area (Å²) >= 11 is 0. The van der Waals surface area contributed by atoms with Gasteiger partial charge in [0.1, 0.15) is 11.8 Å². The highest BCUT2D eigenvalue weighted by Crippen LogP contribution is 2.25. The molecule has 0 saturated carbocycles. The molecule has 2 aromatic rings. The van der Waals surface area contributed by atoms with E-state index in [9.17, 15) is 9.59 Å². The van der Waals surface area contributed by atoms with Crippen LogP contribution < -0.4 is 20.3 Å². The van der Waals surface area contributed by atoms with Crippen molar-refractivity contribution in [3.63, 3.8) is 0 Å². The maximum atomic E-state index is 12.7. The summed E-state index contributed by atoms with van der Waals surface area (Å²) in [5.41, 5.74) is 3.75. The monoisotopic (exact) mass is 353 g/mol. The lowest BCUT2D eigenvalue weighted by atomic mass is 10.1. The van der Waals surface area contributed by atoms with Gasteiger partial charge in [0, 0.05) is 12.2 Å². The molecule has 0 radical (unpaired) electrons. The largest absolute Gasteiger partial charge is 0.495 e. The number of nitrogens with one attached hydrogen (secondary N) is 2.